The molecule has 0 bridgehead atoms. The summed E-state index contributed by atoms with van der Waals surface area (Å²) in [5.41, 5.74) is 2.69. The standard InChI is InChI=1S/C19H23N3O4S/c1-13-4-5-14(2)18(12-13)27(25,26)20-11-10-19(24)22-17-8-6-16(7-9-17)21-15(3)23/h4-9,12,20H,10-11H2,1-3H3,(H,21,23)(H,22,24). The summed E-state index contributed by atoms with van der Waals surface area (Å²) in [4.78, 5) is 23.2. The summed E-state index contributed by atoms with van der Waals surface area (Å²) < 4.78 is 27.2. The number of hydrogen-bond acceptors (Lipinski definition) is 4. The van der Waals surface area contributed by atoms with Gasteiger partial charge in [0.25, 0.3) is 0 Å². The molecular weight excluding hydrogens is 366 g/mol. The van der Waals surface area contributed by atoms with E-state index in [4.69, 9.17) is 0 Å². The summed E-state index contributed by atoms with van der Waals surface area (Å²) >= 11 is 0. The number of aryl methyl sites for hydroxylation is 2. The highest BCUT2D eigenvalue weighted by Crippen LogP contribution is 2.17. The predicted octanol–water partition coefficient (Wildman–Crippen LogP) is 2.57. The van der Waals surface area contributed by atoms with Crippen LogP contribution in [0.3, 0.4) is 0 Å². The Bertz CT molecular complexity index is 938. The van der Waals surface area contributed by atoms with Crippen LogP contribution in [0.25, 0.3) is 0 Å². The Hall–Kier alpha value is -2.71. The Kier molecular flexibility index (Phi) is 6.70. The van der Waals surface area contributed by atoms with Gasteiger partial charge in [0.1, 0.15) is 0 Å². The molecule has 0 aromatic heterocycles. The van der Waals surface area contributed by atoms with Crippen molar-refractivity contribution in [3.8, 4) is 0 Å². The fourth-order valence-electron chi connectivity index (χ4n) is 2.44. The fourth-order valence-corrected chi connectivity index (χ4v) is 3.80. The van der Waals surface area contributed by atoms with Crippen LogP contribution >= 0.6 is 0 Å². The van der Waals surface area contributed by atoms with E-state index < -0.39 is 10.0 Å². The zero-order chi connectivity index (χ0) is 20.0. The van der Waals surface area contributed by atoms with Gasteiger partial charge in [-0.1, -0.05) is 12.1 Å². The number of benzene rings is 2. The molecule has 7 nitrogen and oxygen atoms in total. The van der Waals surface area contributed by atoms with E-state index in [9.17, 15) is 18.0 Å². The third-order valence-corrected chi connectivity index (χ3v) is 5.37. The normalized spacial score (nSPS) is 11.1. The van der Waals surface area contributed by atoms with Crippen LogP contribution in [0.1, 0.15) is 24.5 Å². The van der Waals surface area contributed by atoms with Gasteiger partial charge in [0.15, 0.2) is 0 Å². The van der Waals surface area contributed by atoms with Gasteiger partial charge in [0, 0.05) is 31.3 Å². The highest BCUT2D eigenvalue weighted by atomic mass is 32.2. The van der Waals surface area contributed by atoms with Crippen molar-refractivity contribution in [2.75, 3.05) is 17.2 Å². The smallest absolute Gasteiger partial charge is 0.240 e. The zero-order valence-electron chi connectivity index (χ0n) is 15.5. The molecule has 0 fully saturated rings. The van der Waals surface area contributed by atoms with E-state index in [-0.39, 0.29) is 29.7 Å². The van der Waals surface area contributed by atoms with Crippen LogP contribution in [0, 0.1) is 13.8 Å². The SMILES string of the molecule is CC(=O)Nc1ccc(NC(=O)CCNS(=O)(=O)c2cc(C)ccc2C)cc1. The van der Waals surface area contributed by atoms with E-state index in [0.29, 0.717) is 16.9 Å². The van der Waals surface area contributed by atoms with E-state index >= 15 is 0 Å². The lowest BCUT2D eigenvalue weighted by Gasteiger charge is -2.10. The van der Waals surface area contributed by atoms with Crippen LogP contribution < -0.4 is 15.4 Å². The lowest BCUT2D eigenvalue weighted by Crippen LogP contribution is -2.28. The molecule has 0 spiro atoms. The Labute approximate surface area is 159 Å². The van der Waals surface area contributed by atoms with E-state index in [0.717, 1.165) is 5.56 Å². The first-order valence-electron chi connectivity index (χ1n) is 8.42. The van der Waals surface area contributed by atoms with Crippen molar-refractivity contribution in [3.63, 3.8) is 0 Å². The van der Waals surface area contributed by atoms with Crippen molar-refractivity contribution < 1.29 is 18.0 Å². The maximum atomic E-state index is 12.4. The van der Waals surface area contributed by atoms with E-state index in [1.165, 1.54) is 6.92 Å². The number of amides is 2. The number of carbonyl (C=O) groups excluding carboxylic acids is 2. The van der Waals surface area contributed by atoms with Gasteiger partial charge in [0.05, 0.1) is 4.90 Å². The first-order chi connectivity index (χ1) is 12.7. The molecule has 8 heteroatoms. The molecule has 2 amide bonds. The van der Waals surface area contributed by atoms with E-state index in [1.807, 2.05) is 13.0 Å². The third kappa shape index (κ3) is 6.19. The van der Waals surface area contributed by atoms with Gasteiger partial charge in [-0.3, -0.25) is 9.59 Å². The third-order valence-electron chi connectivity index (χ3n) is 3.77. The minimum absolute atomic E-state index is 0.00244. The number of hydrogen-bond donors (Lipinski definition) is 3. The maximum Gasteiger partial charge on any atom is 0.240 e. The molecule has 2 rings (SSSR count). The maximum absolute atomic E-state index is 12.4. The van der Waals surface area contributed by atoms with Crippen molar-refractivity contribution in [3.05, 3.63) is 53.6 Å². The van der Waals surface area contributed by atoms with E-state index in [2.05, 4.69) is 15.4 Å². The van der Waals surface area contributed by atoms with Crippen molar-refractivity contribution >= 4 is 33.2 Å². The molecule has 0 saturated heterocycles. The van der Waals surface area contributed by atoms with Crippen molar-refractivity contribution in [2.24, 2.45) is 0 Å². The molecule has 27 heavy (non-hydrogen) atoms. The molecule has 0 atom stereocenters. The second kappa shape index (κ2) is 8.79. The summed E-state index contributed by atoms with van der Waals surface area (Å²) in [5, 5.41) is 5.31. The monoisotopic (exact) mass is 389 g/mol. The predicted molar refractivity (Wildman–Crippen MR) is 105 cm³/mol. The van der Waals surface area contributed by atoms with Crippen molar-refractivity contribution in [1.82, 2.24) is 4.72 Å². The zero-order valence-corrected chi connectivity index (χ0v) is 16.3. The van der Waals surface area contributed by atoms with Gasteiger partial charge in [-0.15, -0.1) is 0 Å². The van der Waals surface area contributed by atoms with Crippen molar-refractivity contribution in [2.45, 2.75) is 32.1 Å². The largest absolute Gasteiger partial charge is 0.326 e. The van der Waals surface area contributed by atoms with E-state index in [1.54, 1.807) is 43.3 Å². The highest BCUT2D eigenvalue weighted by molar-refractivity contribution is 7.89. The average molecular weight is 389 g/mol. The second-order valence-corrected chi connectivity index (χ2v) is 7.96. The van der Waals surface area contributed by atoms with Crippen LogP contribution in [0.2, 0.25) is 0 Å². The molecule has 0 aliphatic heterocycles. The molecule has 0 radical (unpaired) electrons. The molecule has 0 unspecified atom stereocenters. The van der Waals surface area contributed by atoms with Crippen LogP contribution in [-0.4, -0.2) is 26.8 Å². The minimum atomic E-state index is -3.67. The van der Waals surface area contributed by atoms with Crippen molar-refractivity contribution in [1.29, 1.82) is 0 Å². The first kappa shape index (κ1) is 20.6. The highest BCUT2D eigenvalue weighted by Gasteiger charge is 2.17. The molecular formula is C19H23N3O4S. The van der Waals surface area contributed by atoms with Gasteiger partial charge in [-0.25, -0.2) is 13.1 Å². The van der Waals surface area contributed by atoms with Gasteiger partial charge < -0.3 is 10.6 Å². The molecule has 0 heterocycles. The topological polar surface area (TPSA) is 104 Å². The molecule has 2 aromatic rings. The van der Waals surface area contributed by atoms with Crippen LogP contribution in [0.4, 0.5) is 11.4 Å². The Morgan fingerprint density at radius 3 is 2.11 bits per heavy atom. The Morgan fingerprint density at radius 2 is 1.52 bits per heavy atom. The number of sulfonamides is 1. The quantitative estimate of drug-likeness (QED) is 0.677. The lowest BCUT2D eigenvalue weighted by molar-refractivity contribution is -0.116. The number of anilines is 2. The lowest BCUT2D eigenvalue weighted by atomic mass is 10.2. The van der Waals surface area contributed by atoms with Gasteiger partial charge in [0.2, 0.25) is 21.8 Å². The van der Waals surface area contributed by atoms with Crippen LogP contribution in [0.15, 0.2) is 47.4 Å². The fraction of sp³-hybridized carbons (Fsp3) is 0.263. The molecule has 144 valence electrons. The summed E-state index contributed by atoms with van der Waals surface area (Å²) in [5.74, 6) is -0.492. The molecule has 2 aromatic carbocycles. The number of nitrogens with one attached hydrogen (secondary N) is 3. The molecule has 0 aliphatic carbocycles. The first-order valence-corrected chi connectivity index (χ1v) is 9.90. The van der Waals surface area contributed by atoms with Gasteiger partial charge in [-0.2, -0.15) is 0 Å². The Morgan fingerprint density at radius 1 is 0.926 bits per heavy atom. The number of rotatable bonds is 7. The van der Waals surface area contributed by atoms with Gasteiger partial charge >= 0.3 is 0 Å². The molecule has 0 saturated carbocycles. The molecule has 3 N–H and O–H groups in total. The summed E-state index contributed by atoms with van der Waals surface area (Å²) in [6.07, 6.45) is -0.00244. The second-order valence-electron chi connectivity index (χ2n) is 6.22. The van der Waals surface area contributed by atoms with Crippen LogP contribution in [-0.2, 0) is 19.6 Å². The Balaban J connectivity index is 1.88. The minimum Gasteiger partial charge on any atom is -0.326 e. The van der Waals surface area contributed by atoms with Gasteiger partial charge in [-0.05, 0) is 55.3 Å². The van der Waals surface area contributed by atoms with Crippen LogP contribution in [0.5, 0.6) is 0 Å². The molecule has 0 aliphatic rings. The number of carbonyl (C=O) groups is 2. The summed E-state index contributed by atoms with van der Waals surface area (Å²) in [6, 6.07) is 11.8. The summed E-state index contributed by atoms with van der Waals surface area (Å²) in [7, 11) is -3.67. The summed E-state index contributed by atoms with van der Waals surface area (Å²) in [6.45, 7) is 4.95. The average Bonchev–Trinajstić information content (AvgIpc) is 2.58.